The molecule has 0 aromatic heterocycles. The van der Waals surface area contributed by atoms with Crippen LogP contribution in [0.1, 0.15) is 85.4 Å². The Labute approximate surface area is 150 Å². The summed E-state index contributed by atoms with van der Waals surface area (Å²) in [6.07, 6.45) is 15.0. The van der Waals surface area contributed by atoms with E-state index in [2.05, 4.69) is 13.0 Å². The van der Waals surface area contributed by atoms with Crippen molar-refractivity contribution in [3.63, 3.8) is 0 Å². The molecular weight excluding hydrogens is 316 g/mol. The lowest BCUT2D eigenvalue weighted by Gasteiger charge is -2.05. The van der Waals surface area contributed by atoms with Crippen molar-refractivity contribution in [3.8, 4) is 0 Å². The second kappa shape index (κ2) is 13.2. The number of aromatic carboxylic acids is 1. The summed E-state index contributed by atoms with van der Waals surface area (Å²) in [5, 5.41) is 9.07. The van der Waals surface area contributed by atoms with Gasteiger partial charge in [0.2, 0.25) is 0 Å². The van der Waals surface area contributed by atoms with E-state index in [1.165, 1.54) is 57.1 Å². The number of benzene rings is 1. The minimum Gasteiger partial charge on any atom is -0.478 e. The van der Waals surface area contributed by atoms with E-state index >= 15 is 0 Å². The number of rotatable bonds is 13. The number of unbranched alkanes of at least 4 members (excludes halogenated alkanes) is 7. The van der Waals surface area contributed by atoms with Crippen LogP contribution in [0, 0.1) is 0 Å². The topological polar surface area (TPSA) is 63.6 Å². The standard InChI is InChI=1S/C21H30O4/c1-2-3-4-5-6-7-8-9-10-11-14-17-25-21(24)19-16-13-12-15-18(19)20(22)23/h10-13,15-16H,2-9,14,17H2,1H3,(H,22,23)/b11-10+. The molecule has 0 saturated heterocycles. The third-order valence-corrected chi connectivity index (χ3v) is 4.04. The molecule has 25 heavy (non-hydrogen) atoms. The molecule has 0 spiro atoms. The molecule has 1 aromatic rings. The molecule has 0 saturated carbocycles. The molecule has 0 radical (unpaired) electrons. The third kappa shape index (κ3) is 9.08. The van der Waals surface area contributed by atoms with Crippen LogP contribution < -0.4 is 0 Å². The first-order valence-corrected chi connectivity index (χ1v) is 9.31. The number of carboxylic acid groups (broad SMARTS) is 1. The zero-order valence-corrected chi connectivity index (χ0v) is 15.2. The van der Waals surface area contributed by atoms with E-state index in [0.717, 1.165) is 6.42 Å². The lowest BCUT2D eigenvalue weighted by Crippen LogP contribution is -2.11. The molecule has 0 unspecified atom stereocenters. The van der Waals surface area contributed by atoms with Gasteiger partial charge in [0, 0.05) is 0 Å². The summed E-state index contributed by atoms with van der Waals surface area (Å²) in [7, 11) is 0. The van der Waals surface area contributed by atoms with Gasteiger partial charge in [-0.05, 0) is 31.4 Å². The van der Waals surface area contributed by atoms with Gasteiger partial charge >= 0.3 is 11.9 Å². The number of esters is 1. The molecule has 138 valence electrons. The van der Waals surface area contributed by atoms with E-state index in [-0.39, 0.29) is 17.7 Å². The van der Waals surface area contributed by atoms with Crippen molar-refractivity contribution in [1.82, 2.24) is 0 Å². The molecule has 0 fully saturated rings. The van der Waals surface area contributed by atoms with E-state index in [4.69, 9.17) is 9.84 Å². The molecule has 1 N–H and O–H groups in total. The van der Waals surface area contributed by atoms with E-state index in [1.54, 1.807) is 12.1 Å². The molecule has 0 aliphatic heterocycles. The lowest BCUT2D eigenvalue weighted by molar-refractivity contribution is 0.0500. The molecule has 4 nitrogen and oxygen atoms in total. The smallest absolute Gasteiger partial charge is 0.339 e. The van der Waals surface area contributed by atoms with Gasteiger partial charge in [0.1, 0.15) is 0 Å². The van der Waals surface area contributed by atoms with Crippen LogP contribution in [0.25, 0.3) is 0 Å². The monoisotopic (exact) mass is 346 g/mol. The highest BCUT2D eigenvalue weighted by molar-refractivity contribution is 6.02. The van der Waals surface area contributed by atoms with Gasteiger partial charge in [-0.1, -0.05) is 69.7 Å². The van der Waals surface area contributed by atoms with Crippen molar-refractivity contribution in [2.45, 2.75) is 64.7 Å². The largest absolute Gasteiger partial charge is 0.478 e. The van der Waals surface area contributed by atoms with Crippen LogP contribution in [0.3, 0.4) is 0 Å². The predicted molar refractivity (Wildman–Crippen MR) is 100 cm³/mol. The highest BCUT2D eigenvalue weighted by atomic mass is 16.5. The van der Waals surface area contributed by atoms with Gasteiger partial charge in [-0.25, -0.2) is 9.59 Å². The van der Waals surface area contributed by atoms with Gasteiger partial charge in [-0.3, -0.25) is 0 Å². The van der Waals surface area contributed by atoms with Crippen molar-refractivity contribution in [2.75, 3.05) is 6.61 Å². The highest BCUT2D eigenvalue weighted by Crippen LogP contribution is 2.11. The Morgan fingerprint density at radius 3 is 2.20 bits per heavy atom. The maximum Gasteiger partial charge on any atom is 0.339 e. The SMILES string of the molecule is CCCCCCCCC/C=C/CCOC(=O)c1ccccc1C(=O)O. The average molecular weight is 346 g/mol. The molecule has 0 amide bonds. The van der Waals surface area contributed by atoms with Gasteiger partial charge in [-0.15, -0.1) is 0 Å². The Morgan fingerprint density at radius 1 is 0.920 bits per heavy atom. The quantitative estimate of drug-likeness (QED) is 0.286. The lowest BCUT2D eigenvalue weighted by atomic mass is 10.1. The Hall–Kier alpha value is -2.10. The minimum atomic E-state index is -1.12. The molecular formula is C21H30O4. The summed E-state index contributed by atoms with van der Waals surface area (Å²) in [5.41, 5.74) is 0.0732. The first-order chi connectivity index (χ1) is 12.2. The Balaban J connectivity index is 2.13. The van der Waals surface area contributed by atoms with Crippen LogP contribution in [0.4, 0.5) is 0 Å². The molecule has 4 heteroatoms. The molecule has 1 rings (SSSR count). The van der Waals surface area contributed by atoms with Crippen LogP contribution in [-0.2, 0) is 4.74 Å². The molecule has 0 atom stereocenters. The van der Waals surface area contributed by atoms with Crippen molar-refractivity contribution in [3.05, 3.63) is 47.5 Å². The minimum absolute atomic E-state index is 0.0259. The van der Waals surface area contributed by atoms with E-state index < -0.39 is 11.9 Å². The van der Waals surface area contributed by atoms with Crippen LogP contribution in [-0.4, -0.2) is 23.7 Å². The normalized spacial score (nSPS) is 10.9. The first kappa shape index (κ1) is 20.9. The predicted octanol–water partition coefficient (Wildman–Crippen LogP) is 5.63. The van der Waals surface area contributed by atoms with Crippen LogP contribution in [0.15, 0.2) is 36.4 Å². The number of hydrogen-bond acceptors (Lipinski definition) is 3. The van der Waals surface area contributed by atoms with Gasteiger partial charge in [0.15, 0.2) is 0 Å². The summed E-state index contributed by atoms with van der Waals surface area (Å²) >= 11 is 0. The van der Waals surface area contributed by atoms with Gasteiger partial charge in [-0.2, -0.15) is 0 Å². The number of carboxylic acids is 1. The molecule has 0 heterocycles. The van der Waals surface area contributed by atoms with Crippen molar-refractivity contribution in [2.24, 2.45) is 0 Å². The summed E-state index contributed by atoms with van der Waals surface area (Å²) in [5.74, 6) is -1.71. The van der Waals surface area contributed by atoms with E-state index in [0.29, 0.717) is 6.42 Å². The summed E-state index contributed by atoms with van der Waals surface area (Å²) in [4.78, 5) is 23.0. The Kier molecular flexibility index (Phi) is 11.1. The zero-order valence-electron chi connectivity index (χ0n) is 15.2. The zero-order chi connectivity index (χ0) is 18.3. The second-order valence-electron chi connectivity index (χ2n) is 6.16. The Bertz CT molecular complexity index is 549. The van der Waals surface area contributed by atoms with Gasteiger partial charge in [0.05, 0.1) is 17.7 Å². The number of ether oxygens (including phenoxy) is 1. The van der Waals surface area contributed by atoms with Crippen LogP contribution in [0.2, 0.25) is 0 Å². The summed E-state index contributed by atoms with van der Waals surface area (Å²) in [6.45, 7) is 2.49. The fourth-order valence-electron chi connectivity index (χ4n) is 2.60. The average Bonchev–Trinajstić information content (AvgIpc) is 2.62. The fourth-order valence-corrected chi connectivity index (χ4v) is 2.60. The number of hydrogen-bond donors (Lipinski definition) is 1. The van der Waals surface area contributed by atoms with E-state index in [1.807, 2.05) is 6.08 Å². The number of allylic oxidation sites excluding steroid dienone is 1. The van der Waals surface area contributed by atoms with Crippen LogP contribution in [0.5, 0.6) is 0 Å². The first-order valence-electron chi connectivity index (χ1n) is 9.31. The summed E-state index contributed by atoms with van der Waals surface area (Å²) in [6, 6.07) is 6.10. The molecule has 0 bridgehead atoms. The van der Waals surface area contributed by atoms with Gasteiger partial charge < -0.3 is 9.84 Å². The van der Waals surface area contributed by atoms with Crippen LogP contribution >= 0.6 is 0 Å². The molecule has 0 aliphatic rings. The maximum absolute atomic E-state index is 11.9. The van der Waals surface area contributed by atoms with Crippen molar-refractivity contribution < 1.29 is 19.4 Å². The third-order valence-electron chi connectivity index (χ3n) is 4.04. The summed E-state index contributed by atoms with van der Waals surface area (Å²) < 4.78 is 5.15. The molecule has 0 aliphatic carbocycles. The van der Waals surface area contributed by atoms with Gasteiger partial charge in [0.25, 0.3) is 0 Å². The Morgan fingerprint density at radius 2 is 1.52 bits per heavy atom. The van der Waals surface area contributed by atoms with Crippen molar-refractivity contribution in [1.29, 1.82) is 0 Å². The highest BCUT2D eigenvalue weighted by Gasteiger charge is 2.16. The maximum atomic E-state index is 11.9. The second-order valence-corrected chi connectivity index (χ2v) is 6.16. The fraction of sp³-hybridized carbons (Fsp3) is 0.524. The van der Waals surface area contributed by atoms with Crippen molar-refractivity contribution >= 4 is 11.9 Å². The number of carbonyl (C=O) groups is 2. The van der Waals surface area contributed by atoms with E-state index in [9.17, 15) is 9.59 Å². The number of carbonyl (C=O) groups excluding carboxylic acids is 1. The molecule has 1 aromatic carbocycles.